The fourth-order valence-corrected chi connectivity index (χ4v) is 10.9. The Hall–Kier alpha value is -7.28. The zero-order chi connectivity index (χ0) is 39.0. The van der Waals surface area contributed by atoms with Gasteiger partial charge in [0.15, 0.2) is 0 Å². The molecule has 59 heavy (non-hydrogen) atoms. The van der Waals surface area contributed by atoms with Crippen LogP contribution in [0.3, 0.4) is 0 Å². The largest absolute Gasteiger partial charge is 0.0619 e. The van der Waals surface area contributed by atoms with Gasteiger partial charge in [0.2, 0.25) is 0 Å². The highest BCUT2D eigenvalue weighted by atomic mass is 14.4. The Kier molecular flexibility index (Phi) is 6.60. The van der Waals surface area contributed by atoms with Crippen molar-refractivity contribution in [3.63, 3.8) is 0 Å². The molecule has 0 heteroatoms. The van der Waals surface area contributed by atoms with Crippen LogP contribution in [0.4, 0.5) is 0 Å². The highest BCUT2D eigenvalue weighted by Crippen LogP contribution is 2.51. The van der Waals surface area contributed by atoms with E-state index in [2.05, 4.69) is 208 Å². The fourth-order valence-electron chi connectivity index (χ4n) is 10.9. The molecule has 13 rings (SSSR count). The van der Waals surface area contributed by atoms with Crippen molar-refractivity contribution in [3.8, 4) is 55.6 Å². The fraction of sp³-hybridized carbons (Fsp3) is 0.0508. The maximum Gasteiger partial charge on any atom is 0.0159 e. The Morgan fingerprint density at radius 1 is 0.254 bits per heavy atom. The number of benzene rings is 12. The molecule has 0 radical (unpaired) electrons. The van der Waals surface area contributed by atoms with Gasteiger partial charge in [-0.2, -0.15) is 0 Å². The summed E-state index contributed by atoms with van der Waals surface area (Å²) in [4.78, 5) is 0. The standard InChI is InChI=1S/C59H38/c1-59(2)53-16-6-5-15-49(53)50-28-25-41(34-54(50)59)42-31-43(33-44(32-42)46-26-21-39-19-17-35-9-7-11-37-23-29-51(46)57(39)55(35)37)45-13-3-4-14-47(45)48-27-22-40-20-18-36-10-8-12-38-24-30-52(48)58(40)56(36)38/h3-34H,1-2H3. The van der Waals surface area contributed by atoms with E-state index in [0.29, 0.717) is 0 Å². The Balaban J connectivity index is 1.07. The van der Waals surface area contributed by atoms with Crippen molar-refractivity contribution in [1.82, 2.24) is 0 Å². The molecule has 1 aliphatic rings. The third kappa shape index (κ3) is 4.60. The number of hydrogen-bond acceptors (Lipinski definition) is 0. The second-order valence-electron chi connectivity index (χ2n) is 17.2. The van der Waals surface area contributed by atoms with Crippen LogP contribution in [-0.4, -0.2) is 0 Å². The summed E-state index contributed by atoms with van der Waals surface area (Å²) in [6.45, 7) is 4.75. The van der Waals surface area contributed by atoms with Crippen LogP contribution in [0.5, 0.6) is 0 Å². The van der Waals surface area contributed by atoms with E-state index < -0.39 is 0 Å². The summed E-state index contributed by atoms with van der Waals surface area (Å²) >= 11 is 0. The van der Waals surface area contributed by atoms with Crippen LogP contribution in [-0.2, 0) is 5.41 Å². The minimum Gasteiger partial charge on any atom is -0.0619 e. The van der Waals surface area contributed by atoms with Gasteiger partial charge in [0, 0.05) is 5.41 Å². The monoisotopic (exact) mass is 746 g/mol. The SMILES string of the molecule is CC1(C)c2ccccc2-c2ccc(-c3cc(-c4ccccc4-c4ccc5ccc6cccc7ccc4c5c67)cc(-c4ccc5ccc6cccc7ccc4c5c67)c3)cc21. The third-order valence-corrected chi connectivity index (χ3v) is 13.7. The van der Waals surface area contributed by atoms with Crippen LogP contribution in [0.25, 0.3) is 120 Å². The van der Waals surface area contributed by atoms with Crippen LogP contribution < -0.4 is 0 Å². The average molecular weight is 747 g/mol. The van der Waals surface area contributed by atoms with Crippen molar-refractivity contribution in [2.24, 2.45) is 0 Å². The first-order valence-corrected chi connectivity index (χ1v) is 20.8. The van der Waals surface area contributed by atoms with Gasteiger partial charge in [-0.1, -0.05) is 184 Å². The molecule has 0 aromatic heterocycles. The zero-order valence-corrected chi connectivity index (χ0v) is 33.0. The van der Waals surface area contributed by atoms with Crippen LogP contribution in [0.15, 0.2) is 194 Å². The molecule has 0 saturated heterocycles. The Morgan fingerprint density at radius 2 is 0.695 bits per heavy atom. The molecule has 0 nitrogen and oxygen atoms in total. The van der Waals surface area contributed by atoms with E-state index in [1.807, 2.05) is 0 Å². The Morgan fingerprint density at radius 3 is 1.34 bits per heavy atom. The zero-order valence-electron chi connectivity index (χ0n) is 33.0. The predicted octanol–water partition coefficient (Wildman–Crippen LogP) is 16.5. The molecule has 1 aliphatic carbocycles. The summed E-state index contributed by atoms with van der Waals surface area (Å²) in [5.41, 5.74) is 15.3. The first-order chi connectivity index (χ1) is 29.0. The van der Waals surface area contributed by atoms with E-state index in [1.165, 1.54) is 131 Å². The van der Waals surface area contributed by atoms with E-state index in [-0.39, 0.29) is 5.41 Å². The lowest BCUT2D eigenvalue weighted by atomic mass is 9.81. The van der Waals surface area contributed by atoms with Gasteiger partial charge < -0.3 is 0 Å². The Bertz CT molecular complexity index is 3660. The molecule has 0 spiro atoms. The van der Waals surface area contributed by atoms with E-state index in [4.69, 9.17) is 0 Å². The molecule has 0 N–H and O–H groups in total. The van der Waals surface area contributed by atoms with Gasteiger partial charge in [0.1, 0.15) is 0 Å². The van der Waals surface area contributed by atoms with E-state index >= 15 is 0 Å². The third-order valence-electron chi connectivity index (χ3n) is 13.7. The maximum absolute atomic E-state index is 2.47. The molecule has 12 aromatic rings. The molecule has 0 aliphatic heterocycles. The number of fused-ring (bicyclic) bond motifs is 3. The second kappa shape index (κ2) is 11.9. The number of rotatable bonds is 4. The molecule has 0 saturated carbocycles. The molecule has 0 heterocycles. The van der Waals surface area contributed by atoms with Crippen molar-refractivity contribution in [1.29, 1.82) is 0 Å². The van der Waals surface area contributed by atoms with Gasteiger partial charge in [-0.25, -0.2) is 0 Å². The van der Waals surface area contributed by atoms with Gasteiger partial charge in [-0.05, 0) is 156 Å². The molecule has 0 amide bonds. The minimum absolute atomic E-state index is 0.0872. The molecule has 274 valence electrons. The van der Waals surface area contributed by atoms with Crippen molar-refractivity contribution < 1.29 is 0 Å². The summed E-state index contributed by atoms with van der Waals surface area (Å²) < 4.78 is 0. The average Bonchev–Trinajstić information content (AvgIpc) is 3.52. The Labute approximate surface area is 343 Å². The first-order valence-electron chi connectivity index (χ1n) is 20.8. The molecular weight excluding hydrogens is 709 g/mol. The maximum atomic E-state index is 2.47. The van der Waals surface area contributed by atoms with Crippen molar-refractivity contribution >= 4 is 64.6 Å². The number of hydrogen-bond donors (Lipinski definition) is 0. The first kappa shape index (κ1) is 32.8. The quantitative estimate of drug-likeness (QED) is 0.157. The molecule has 12 aromatic carbocycles. The minimum atomic E-state index is -0.0872. The lowest BCUT2D eigenvalue weighted by Crippen LogP contribution is -2.14. The highest BCUT2D eigenvalue weighted by molar-refractivity contribution is 6.27. The van der Waals surface area contributed by atoms with Crippen LogP contribution in [0.2, 0.25) is 0 Å². The van der Waals surface area contributed by atoms with Crippen molar-refractivity contribution in [3.05, 3.63) is 205 Å². The van der Waals surface area contributed by atoms with Crippen LogP contribution in [0.1, 0.15) is 25.0 Å². The normalized spacial score (nSPS) is 13.4. The lowest BCUT2D eigenvalue weighted by Gasteiger charge is -2.22. The second-order valence-corrected chi connectivity index (χ2v) is 17.2. The van der Waals surface area contributed by atoms with Crippen molar-refractivity contribution in [2.45, 2.75) is 19.3 Å². The van der Waals surface area contributed by atoms with E-state index in [9.17, 15) is 0 Å². The smallest absolute Gasteiger partial charge is 0.0159 e. The predicted molar refractivity (Wildman–Crippen MR) is 253 cm³/mol. The summed E-state index contributed by atoms with van der Waals surface area (Å²) in [5, 5.41) is 15.7. The molecule has 0 fully saturated rings. The van der Waals surface area contributed by atoms with Gasteiger partial charge in [-0.3, -0.25) is 0 Å². The molecule has 0 atom stereocenters. The molecule has 0 bridgehead atoms. The van der Waals surface area contributed by atoms with Gasteiger partial charge >= 0.3 is 0 Å². The molecule has 0 unspecified atom stereocenters. The summed E-state index contributed by atoms with van der Waals surface area (Å²) in [6.07, 6.45) is 0. The lowest BCUT2D eigenvalue weighted by molar-refractivity contribution is 0.660. The van der Waals surface area contributed by atoms with Gasteiger partial charge in [-0.15, -0.1) is 0 Å². The summed E-state index contributed by atoms with van der Waals surface area (Å²) in [6, 6.07) is 73.5. The summed E-state index contributed by atoms with van der Waals surface area (Å²) in [5.74, 6) is 0. The van der Waals surface area contributed by atoms with Crippen LogP contribution >= 0.6 is 0 Å². The van der Waals surface area contributed by atoms with E-state index in [1.54, 1.807) is 0 Å². The summed E-state index contributed by atoms with van der Waals surface area (Å²) in [7, 11) is 0. The van der Waals surface area contributed by atoms with Crippen molar-refractivity contribution in [2.75, 3.05) is 0 Å². The molecular formula is C59H38. The van der Waals surface area contributed by atoms with Crippen LogP contribution in [0, 0.1) is 0 Å². The highest BCUT2D eigenvalue weighted by Gasteiger charge is 2.35. The van der Waals surface area contributed by atoms with E-state index in [0.717, 1.165) is 0 Å². The van der Waals surface area contributed by atoms with Gasteiger partial charge in [0.25, 0.3) is 0 Å². The van der Waals surface area contributed by atoms with Gasteiger partial charge in [0.05, 0.1) is 0 Å². The topological polar surface area (TPSA) is 0 Å².